The number of nitrogens with zero attached hydrogens (tertiary/aromatic N) is 3. The molecule has 3 aromatic rings. The Hall–Kier alpha value is -1.92. The van der Waals surface area contributed by atoms with E-state index in [2.05, 4.69) is 41.4 Å². The van der Waals surface area contributed by atoms with Crippen molar-refractivity contribution in [2.75, 3.05) is 13.1 Å². The summed E-state index contributed by atoms with van der Waals surface area (Å²) in [7, 11) is 0. The van der Waals surface area contributed by atoms with Gasteiger partial charge in [-0.15, -0.1) is 11.3 Å². The van der Waals surface area contributed by atoms with Crippen molar-refractivity contribution >= 4 is 21.6 Å². The van der Waals surface area contributed by atoms with Gasteiger partial charge in [0.2, 0.25) is 0 Å². The Kier molecular flexibility index (Phi) is 4.24. The molecule has 0 amide bonds. The van der Waals surface area contributed by atoms with Crippen molar-refractivity contribution in [2.24, 2.45) is 5.92 Å². The van der Waals surface area contributed by atoms with Gasteiger partial charge < -0.3 is 10.1 Å². The zero-order chi connectivity index (χ0) is 16.5. The minimum Gasteiger partial charge on any atom is -0.489 e. The van der Waals surface area contributed by atoms with E-state index in [9.17, 15) is 0 Å². The topological polar surface area (TPSA) is 52.0 Å². The number of aryl methyl sites for hydroxylation is 1. The Balaban J connectivity index is 1.69. The van der Waals surface area contributed by atoms with Crippen LogP contribution in [0.15, 0.2) is 29.9 Å². The van der Waals surface area contributed by atoms with E-state index in [0.717, 1.165) is 46.9 Å². The summed E-state index contributed by atoms with van der Waals surface area (Å²) in [5.41, 5.74) is 4.89. The molecule has 126 valence electrons. The molecule has 1 fully saturated rings. The molecule has 6 heteroatoms. The van der Waals surface area contributed by atoms with Crippen LogP contribution in [0.2, 0.25) is 0 Å². The number of ether oxygens (including phenoxy) is 1. The second-order valence-electron chi connectivity index (χ2n) is 6.31. The number of rotatable bonds is 5. The van der Waals surface area contributed by atoms with Gasteiger partial charge in [0.25, 0.3) is 0 Å². The molecule has 0 bridgehead atoms. The number of hydrogen-bond donors (Lipinski definition) is 1. The van der Waals surface area contributed by atoms with Crippen LogP contribution < -0.4 is 10.1 Å². The van der Waals surface area contributed by atoms with E-state index in [-0.39, 0.29) is 6.10 Å². The van der Waals surface area contributed by atoms with E-state index in [0.29, 0.717) is 5.92 Å². The molecule has 1 N–H and O–H groups in total. The molecule has 3 heterocycles. The molecule has 0 spiro atoms. The molecule has 24 heavy (non-hydrogen) atoms. The summed E-state index contributed by atoms with van der Waals surface area (Å²) in [6.45, 7) is 7.25. The van der Waals surface area contributed by atoms with Crippen molar-refractivity contribution in [2.45, 2.75) is 32.9 Å². The molecule has 0 aliphatic carbocycles. The first-order valence-corrected chi connectivity index (χ1v) is 9.41. The number of nitrogens with one attached hydrogen (secondary N) is 1. The van der Waals surface area contributed by atoms with Gasteiger partial charge in [0.15, 0.2) is 0 Å². The summed E-state index contributed by atoms with van der Waals surface area (Å²) < 4.78 is 9.42. The zero-order valence-corrected chi connectivity index (χ0v) is 14.8. The summed E-state index contributed by atoms with van der Waals surface area (Å²) in [4.78, 5) is 4.49. The summed E-state index contributed by atoms with van der Waals surface area (Å²) in [6, 6.07) is 6.26. The van der Waals surface area contributed by atoms with Crippen molar-refractivity contribution in [1.29, 1.82) is 0 Å². The highest BCUT2D eigenvalue weighted by Crippen LogP contribution is 2.35. The average Bonchev–Trinajstić information content (AvgIpc) is 3.33. The molecule has 4 rings (SSSR count). The van der Waals surface area contributed by atoms with E-state index in [4.69, 9.17) is 4.74 Å². The van der Waals surface area contributed by atoms with Crippen LogP contribution in [0.25, 0.3) is 21.5 Å². The molecule has 1 aliphatic heterocycles. The third-order valence-corrected chi connectivity index (χ3v) is 5.59. The van der Waals surface area contributed by atoms with Gasteiger partial charge in [-0.2, -0.15) is 5.10 Å². The van der Waals surface area contributed by atoms with Crippen LogP contribution in [-0.2, 0) is 6.54 Å². The van der Waals surface area contributed by atoms with E-state index < -0.39 is 0 Å². The van der Waals surface area contributed by atoms with Crippen LogP contribution >= 0.6 is 11.3 Å². The van der Waals surface area contributed by atoms with E-state index >= 15 is 0 Å². The predicted molar refractivity (Wildman–Crippen MR) is 97.6 cm³/mol. The van der Waals surface area contributed by atoms with E-state index in [1.165, 1.54) is 6.42 Å². The van der Waals surface area contributed by atoms with Crippen molar-refractivity contribution in [3.05, 3.63) is 29.9 Å². The minimum atomic E-state index is 0.189. The third-order valence-electron chi connectivity index (χ3n) is 4.73. The largest absolute Gasteiger partial charge is 0.489 e. The maximum Gasteiger partial charge on any atom is 0.139 e. The normalized spacial score (nSPS) is 19.0. The lowest BCUT2D eigenvalue weighted by Gasteiger charge is -2.21. The fraction of sp³-hybridized carbons (Fsp3) is 0.444. The second-order valence-corrected chi connectivity index (χ2v) is 7.16. The summed E-state index contributed by atoms with van der Waals surface area (Å²) >= 11 is 1.63. The van der Waals surface area contributed by atoms with Crippen LogP contribution in [0.4, 0.5) is 0 Å². The fourth-order valence-corrected chi connectivity index (χ4v) is 3.97. The van der Waals surface area contributed by atoms with Crippen molar-refractivity contribution < 1.29 is 4.74 Å². The molecule has 1 saturated heterocycles. The maximum absolute atomic E-state index is 6.36. The molecule has 2 atom stereocenters. The van der Waals surface area contributed by atoms with Crippen molar-refractivity contribution in [3.8, 4) is 17.0 Å². The fourth-order valence-electron chi connectivity index (χ4n) is 3.24. The monoisotopic (exact) mass is 342 g/mol. The van der Waals surface area contributed by atoms with Crippen LogP contribution in [0.3, 0.4) is 0 Å². The highest BCUT2D eigenvalue weighted by Gasteiger charge is 2.24. The molecule has 5 nitrogen and oxygen atoms in total. The van der Waals surface area contributed by atoms with Gasteiger partial charge in [0.1, 0.15) is 11.9 Å². The van der Waals surface area contributed by atoms with Crippen LogP contribution in [0.5, 0.6) is 5.75 Å². The van der Waals surface area contributed by atoms with Gasteiger partial charge >= 0.3 is 0 Å². The zero-order valence-electron chi connectivity index (χ0n) is 14.0. The predicted octanol–water partition coefficient (Wildman–Crippen LogP) is 3.56. The first-order valence-electron chi connectivity index (χ1n) is 8.53. The lowest BCUT2D eigenvalue weighted by molar-refractivity contribution is 0.163. The van der Waals surface area contributed by atoms with E-state index in [1.807, 2.05) is 22.5 Å². The quantitative estimate of drug-likeness (QED) is 0.770. The Morgan fingerprint density at radius 2 is 2.38 bits per heavy atom. The SMILES string of the molecule is CCn1ccc(-c2cc(O[C@H](C)[C@@H]3CCNC3)c3scnc3c2)n1. The Morgan fingerprint density at radius 3 is 3.12 bits per heavy atom. The van der Waals surface area contributed by atoms with Gasteiger partial charge in [0.05, 0.1) is 21.4 Å². The maximum atomic E-state index is 6.36. The molecule has 0 saturated carbocycles. The summed E-state index contributed by atoms with van der Waals surface area (Å²) in [6.07, 6.45) is 3.37. The number of fused-ring (bicyclic) bond motifs is 1. The van der Waals surface area contributed by atoms with E-state index in [1.54, 1.807) is 11.3 Å². The van der Waals surface area contributed by atoms with Gasteiger partial charge in [-0.3, -0.25) is 4.68 Å². The van der Waals surface area contributed by atoms with Gasteiger partial charge in [-0.25, -0.2) is 4.98 Å². The molecule has 0 radical (unpaired) electrons. The molecule has 1 aromatic carbocycles. The Labute approximate surface area is 145 Å². The van der Waals surface area contributed by atoms with Gasteiger partial charge in [-0.1, -0.05) is 0 Å². The molecule has 2 aromatic heterocycles. The van der Waals surface area contributed by atoms with Crippen LogP contribution in [0.1, 0.15) is 20.3 Å². The smallest absolute Gasteiger partial charge is 0.139 e. The molecule has 1 aliphatic rings. The third kappa shape index (κ3) is 2.91. The first kappa shape index (κ1) is 15.6. The standard InChI is InChI=1S/C18H22N4OS/c1-3-22-7-5-15(21-22)14-8-16-18(24-11-20-16)17(9-14)23-12(2)13-4-6-19-10-13/h5,7-9,11-13,19H,3-4,6,10H2,1-2H3/t12-,13-/m1/s1. The molecular formula is C18H22N4OS. The summed E-state index contributed by atoms with van der Waals surface area (Å²) in [5.74, 6) is 1.49. The molecule has 0 unspecified atom stereocenters. The van der Waals surface area contributed by atoms with Crippen LogP contribution in [-0.4, -0.2) is 34.0 Å². The van der Waals surface area contributed by atoms with Crippen molar-refractivity contribution in [1.82, 2.24) is 20.1 Å². The van der Waals surface area contributed by atoms with Gasteiger partial charge in [0, 0.05) is 30.8 Å². The minimum absolute atomic E-state index is 0.189. The Morgan fingerprint density at radius 1 is 1.46 bits per heavy atom. The second kappa shape index (κ2) is 6.53. The molecular weight excluding hydrogens is 320 g/mol. The highest BCUT2D eigenvalue weighted by molar-refractivity contribution is 7.17. The van der Waals surface area contributed by atoms with Crippen LogP contribution in [0, 0.1) is 5.92 Å². The lowest BCUT2D eigenvalue weighted by Crippen LogP contribution is -2.25. The first-order chi connectivity index (χ1) is 11.7. The summed E-state index contributed by atoms with van der Waals surface area (Å²) in [5, 5.41) is 8.03. The lowest BCUT2D eigenvalue weighted by atomic mass is 10.0. The van der Waals surface area contributed by atoms with Crippen molar-refractivity contribution in [3.63, 3.8) is 0 Å². The number of aromatic nitrogens is 3. The number of hydrogen-bond acceptors (Lipinski definition) is 5. The number of thiazole rings is 1. The average molecular weight is 342 g/mol. The number of benzene rings is 1. The Bertz CT molecular complexity index is 835. The highest BCUT2D eigenvalue weighted by atomic mass is 32.1. The van der Waals surface area contributed by atoms with Gasteiger partial charge in [-0.05, 0) is 45.0 Å².